The van der Waals surface area contributed by atoms with Crippen LogP contribution in [-0.2, 0) is 24.5 Å². The van der Waals surface area contributed by atoms with Gasteiger partial charge in [-0.3, -0.25) is 0 Å². The van der Waals surface area contributed by atoms with E-state index in [0.29, 0.717) is 13.2 Å². The molecule has 0 aliphatic carbocycles. The Morgan fingerprint density at radius 1 is 1.55 bits per heavy atom. The monoisotopic (exact) mass is 154 g/mol. The molecule has 0 saturated heterocycles. The molecule has 0 saturated carbocycles. The topological polar surface area (TPSA) is 47.3 Å². The molecule has 0 atom stereocenters. The van der Waals surface area contributed by atoms with Crippen LogP contribution in [0, 0.1) is 0 Å². The third kappa shape index (κ3) is 1.04. The largest absolute Gasteiger partial charge is 0.370 e. The Morgan fingerprint density at radius 3 is 3.27 bits per heavy atom. The number of nitrogens with zero attached hydrogens (tertiary/aromatic N) is 1. The highest BCUT2D eigenvalue weighted by molar-refractivity contribution is 5.23. The van der Waals surface area contributed by atoms with Crippen molar-refractivity contribution in [1.29, 1.82) is 0 Å². The Morgan fingerprint density at radius 2 is 2.45 bits per heavy atom. The van der Waals surface area contributed by atoms with Crippen molar-refractivity contribution in [3.63, 3.8) is 0 Å². The fourth-order valence-corrected chi connectivity index (χ4v) is 1.21. The molecule has 0 amide bonds. The van der Waals surface area contributed by atoms with Gasteiger partial charge in [0.2, 0.25) is 0 Å². The molecule has 2 rings (SSSR count). The van der Waals surface area contributed by atoms with Crippen LogP contribution in [0.15, 0.2) is 4.52 Å². The SMILES string of the molecule is CNCc1onc2c1COC2. The summed E-state index contributed by atoms with van der Waals surface area (Å²) >= 11 is 0. The number of nitrogens with one attached hydrogen (secondary N) is 1. The van der Waals surface area contributed by atoms with Gasteiger partial charge in [-0.05, 0) is 7.05 Å². The van der Waals surface area contributed by atoms with Gasteiger partial charge in [-0.2, -0.15) is 0 Å². The van der Waals surface area contributed by atoms with Gasteiger partial charge in [0, 0.05) is 5.56 Å². The summed E-state index contributed by atoms with van der Waals surface area (Å²) in [7, 11) is 1.88. The number of aromatic nitrogens is 1. The van der Waals surface area contributed by atoms with E-state index in [1.165, 1.54) is 0 Å². The van der Waals surface area contributed by atoms with Crippen LogP contribution in [0.3, 0.4) is 0 Å². The lowest BCUT2D eigenvalue weighted by Crippen LogP contribution is -2.05. The van der Waals surface area contributed by atoms with Crippen LogP contribution in [0.5, 0.6) is 0 Å². The van der Waals surface area contributed by atoms with E-state index in [0.717, 1.165) is 23.6 Å². The fourth-order valence-electron chi connectivity index (χ4n) is 1.21. The van der Waals surface area contributed by atoms with Crippen LogP contribution in [-0.4, -0.2) is 12.2 Å². The molecule has 4 nitrogen and oxygen atoms in total. The van der Waals surface area contributed by atoms with Crippen molar-refractivity contribution in [2.24, 2.45) is 0 Å². The third-order valence-electron chi connectivity index (χ3n) is 1.77. The number of ether oxygens (including phenoxy) is 1. The van der Waals surface area contributed by atoms with Crippen molar-refractivity contribution < 1.29 is 9.26 Å². The summed E-state index contributed by atoms with van der Waals surface area (Å²) in [6.45, 7) is 1.98. The lowest BCUT2D eigenvalue weighted by atomic mass is 10.2. The van der Waals surface area contributed by atoms with Gasteiger partial charge in [-0.15, -0.1) is 0 Å². The highest BCUT2D eigenvalue weighted by atomic mass is 16.5. The Bertz CT molecular complexity index is 257. The second-order valence-electron chi connectivity index (χ2n) is 2.55. The van der Waals surface area contributed by atoms with Crippen molar-refractivity contribution in [3.05, 3.63) is 17.0 Å². The minimum absolute atomic E-state index is 0.600. The minimum atomic E-state index is 0.600. The number of hydrogen-bond acceptors (Lipinski definition) is 4. The summed E-state index contributed by atoms with van der Waals surface area (Å²) in [6, 6.07) is 0. The Hall–Kier alpha value is -0.870. The second kappa shape index (κ2) is 2.64. The standard InChI is InChI=1S/C7H10N2O2/c1-8-2-7-5-3-10-4-6(5)9-11-7/h8H,2-4H2,1H3. The zero-order valence-electron chi connectivity index (χ0n) is 6.39. The molecule has 4 heteroatoms. The molecule has 1 aromatic rings. The molecule has 0 aromatic carbocycles. The Kier molecular flexibility index (Phi) is 1.63. The van der Waals surface area contributed by atoms with Crippen LogP contribution in [0.4, 0.5) is 0 Å². The molecule has 0 bridgehead atoms. The number of hydrogen-bond donors (Lipinski definition) is 1. The summed E-state index contributed by atoms with van der Waals surface area (Å²) in [6.07, 6.45) is 0. The van der Waals surface area contributed by atoms with Gasteiger partial charge in [-0.1, -0.05) is 5.16 Å². The van der Waals surface area contributed by atoms with Gasteiger partial charge in [0.15, 0.2) is 5.76 Å². The van der Waals surface area contributed by atoms with Crippen molar-refractivity contribution in [2.75, 3.05) is 7.05 Å². The van der Waals surface area contributed by atoms with Gasteiger partial charge in [0.1, 0.15) is 5.69 Å². The van der Waals surface area contributed by atoms with E-state index in [-0.39, 0.29) is 0 Å². The van der Waals surface area contributed by atoms with E-state index in [2.05, 4.69) is 10.5 Å². The van der Waals surface area contributed by atoms with Gasteiger partial charge in [0.25, 0.3) is 0 Å². The maximum atomic E-state index is 5.19. The highest BCUT2D eigenvalue weighted by Crippen LogP contribution is 2.22. The minimum Gasteiger partial charge on any atom is -0.370 e. The summed E-state index contributed by atoms with van der Waals surface area (Å²) in [5.74, 6) is 0.903. The van der Waals surface area contributed by atoms with Crippen molar-refractivity contribution in [3.8, 4) is 0 Å². The van der Waals surface area contributed by atoms with Gasteiger partial charge in [-0.25, -0.2) is 0 Å². The fraction of sp³-hybridized carbons (Fsp3) is 0.571. The van der Waals surface area contributed by atoms with Crippen LogP contribution in [0.1, 0.15) is 17.0 Å². The van der Waals surface area contributed by atoms with Gasteiger partial charge < -0.3 is 14.6 Å². The molecule has 1 aromatic heterocycles. The predicted molar refractivity (Wildman–Crippen MR) is 37.8 cm³/mol. The zero-order valence-corrected chi connectivity index (χ0v) is 6.39. The number of fused-ring (bicyclic) bond motifs is 1. The van der Waals surface area contributed by atoms with Crippen LogP contribution in [0.25, 0.3) is 0 Å². The van der Waals surface area contributed by atoms with Gasteiger partial charge in [0.05, 0.1) is 19.8 Å². The predicted octanol–water partition coefficient (Wildman–Crippen LogP) is 0.424. The molecule has 0 radical (unpaired) electrons. The third-order valence-corrected chi connectivity index (χ3v) is 1.77. The molecule has 1 N–H and O–H groups in total. The smallest absolute Gasteiger partial charge is 0.156 e. The van der Waals surface area contributed by atoms with E-state index >= 15 is 0 Å². The van der Waals surface area contributed by atoms with Crippen LogP contribution >= 0.6 is 0 Å². The van der Waals surface area contributed by atoms with E-state index in [1.54, 1.807) is 0 Å². The van der Waals surface area contributed by atoms with Crippen molar-refractivity contribution >= 4 is 0 Å². The second-order valence-corrected chi connectivity index (χ2v) is 2.55. The molecule has 0 unspecified atom stereocenters. The molecular weight excluding hydrogens is 144 g/mol. The van der Waals surface area contributed by atoms with E-state index in [1.807, 2.05) is 7.05 Å². The molecule has 1 aliphatic rings. The zero-order chi connectivity index (χ0) is 7.68. The quantitative estimate of drug-likeness (QED) is 0.670. The Labute approximate surface area is 64.5 Å². The lowest BCUT2D eigenvalue weighted by Gasteiger charge is -1.94. The average molecular weight is 154 g/mol. The van der Waals surface area contributed by atoms with Crippen molar-refractivity contribution in [2.45, 2.75) is 19.8 Å². The first-order valence-corrected chi connectivity index (χ1v) is 3.60. The van der Waals surface area contributed by atoms with E-state index in [9.17, 15) is 0 Å². The molecule has 60 valence electrons. The molecule has 1 aliphatic heterocycles. The summed E-state index contributed by atoms with van der Waals surface area (Å²) in [5, 5.41) is 6.89. The summed E-state index contributed by atoms with van der Waals surface area (Å²) in [5.41, 5.74) is 2.08. The lowest BCUT2D eigenvalue weighted by molar-refractivity contribution is 0.124. The van der Waals surface area contributed by atoms with E-state index in [4.69, 9.17) is 9.26 Å². The molecular formula is C7H10N2O2. The summed E-state index contributed by atoms with van der Waals surface area (Å²) in [4.78, 5) is 0. The summed E-state index contributed by atoms with van der Waals surface area (Å²) < 4.78 is 10.3. The number of rotatable bonds is 2. The molecule has 2 heterocycles. The molecule has 11 heavy (non-hydrogen) atoms. The van der Waals surface area contributed by atoms with Crippen molar-refractivity contribution in [1.82, 2.24) is 10.5 Å². The first kappa shape index (κ1) is 6.82. The van der Waals surface area contributed by atoms with Gasteiger partial charge >= 0.3 is 0 Å². The molecule has 0 fully saturated rings. The first-order chi connectivity index (χ1) is 5.42. The average Bonchev–Trinajstić information content (AvgIpc) is 2.53. The normalized spacial score (nSPS) is 15.4. The van der Waals surface area contributed by atoms with Crippen LogP contribution in [0.2, 0.25) is 0 Å². The first-order valence-electron chi connectivity index (χ1n) is 3.60. The maximum Gasteiger partial charge on any atom is 0.156 e. The van der Waals surface area contributed by atoms with E-state index < -0.39 is 0 Å². The Balaban J connectivity index is 2.27. The highest BCUT2D eigenvalue weighted by Gasteiger charge is 2.20. The maximum absolute atomic E-state index is 5.19. The van der Waals surface area contributed by atoms with Crippen LogP contribution < -0.4 is 5.32 Å². The molecule has 0 spiro atoms.